The largest absolute Gasteiger partial charge is 0.370 e. The molecule has 0 bridgehead atoms. The molecule has 1 aromatic carbocycles. The minimum atomic E-state index is 0.0489. The second-order valence-electron chi connectivity index (χ2n) is 5.55. The van der Waals surface area contributed by atoms with E-state index in [-0.39, 0.29) is 12.5 Å². The molecular weight excluding hydrogens is 290 g/mol. The van der Waals surface area contributed by atoms with Crippen LogP contribution in [0.25, 0.3) is 0 Å². The van der Waals surface area contributed by atoms with E-state index in [1.54, 1.807) is 0 Å². The number of carbonyl (C=O) groups excluding carboxylic acids is 1. The van der Waals surface area contributed by atoms with Gasteiger partial charge in [0, 0.05) is 45.0 Å². The molecule has 1 heterocycles. The molecule has 0 radical (unpaired) electrons. The molecule has 0 aromatic heterocycles. The first-order valence-electron chi connectivity index (χ1n) is 8.28. The van der Waals surface area contributed by atoms with Crippen LogP contribution in [0, 0.1) is 0 Å². The fourth-order valence-corrected chi connectivity index (χ4v) is 2.75. The maximum Gasteiger partial charge on any atom is 0.244 e. The lowest BCUT2D eigenvalue weighted by atomic mass is 10.2. The fraction of sp³-hybridized carbons (Fsp3) is 0.529. The Hall–Kier alpha value is -2.24. The summed E-state index contributed by atoms with van der Waals surface area (Å²) >= 11 is 0. The molecule has 6 heteroatoms. The van der Waals surface area contributed by atoms with Crippen molar-refractivity contribution >= 4 is 17.6 Å². The van der Waals surface area contributed by atoms with Crippen molar-refractivity contribution in [3.05, 3.63) is 30.3 Å². The van der Waals surface area contributed by atoms with Gasteiger partial charge in [-0.1, -0.05) is 18.2 Å². The number of para-hydroxylation sites is 1. The van der Waals surface area contributed by atoms with Crippen molar-refractivity contribution < 1.29 is 4.79 Å². The maximum atomic E-state index is 12.3. The van der Waals surface area contributed by atoms with Gasteiger partial charge in [0.2, 0.25) is 5.91 Å². The van der Waals surface area contributed by atoms with Crippen LogP contribution in [0.1, 0.15) is 13.8 Å². The molecule has 0 aliphatic carbocycles. The zero-order chi connectivity index (χ0) is 16.7. The number of amides is 1. The van der Waals surface area contributed by atoms with Crippen LogP contribution in [0.5, 0.6) is 0 Å². The Kier molecular flexibility index (Phi) is 6.26. The van der Waals surface area contributed by atoms with E-state index in [0.717, 1.165) is 39.3 Å². The first-order valence-corrected chi connectivity index (χ1v) is 8.28. The summed E-state index contributed by atoms with van der Waals surface area (Å²) in [6, 6.07) is 10.3. The molecule has 2 N–H and O–H groups in total. The van der Waals surface area contributed by atoms with Crippen molar-refractivity contribution in [3.63, 3.8) is 0 Å². The van der Waals surface area contributed by atoms with Gasteiger partial charge in [0.25, 0.3) is 0 Å². The zero-order valence-electron chi connectivity index (χ0n) is 14.1. The van der Waals surface area contributed by atoms with E-state index in [1.807, 2.05) is 41.8 Å². The average Bonchev–Trinajstić information content (AvgIpc) is 2.61. The highest BCUT2D eigenvalue weighted by Crippen LogP contribution is 2.15. The Bertz CT molecular complexity index is 519. The normalized spacial score (nSPS) is 15.7. The molecule has 0 unspecified atom stereocenters. The molecule has 23 heavy (non-hydrogen) atoms. The molecule has 0 atom stereocenters. The molecule has 1 fully saturated rings. The highest BCUT2D eigenvalue weighted by atomic mass is 16.2. The van der Waals surface area contributed by atoms with Crippen molar-refractivity contribution in [2.75, 3.05) is 50.7 Å². The van der Waals surface area contributed by atoms with E-state index >= 15 is 0 Å². The lowest BCUT2D eigenvalue weighted by Crippen LogP contribution is -2.49. The zero-order valence-corrected chi connectivity index (χ0v) is 14.1. The highest BCUT2D eigenvalue weighted by Gasteiger charge is 2.21. The summed E-state index contributed by atoms with van der Waals surface area (Å²) in [7, 11) is 0. The molecule has 1 aliphatic heterocycles. The van der Waals surface area contributed by atoms with Crippen molar-refractivity contribution in [2.45, 2.75) is 13.8 Å². The summed E-state index contributed by atoms with van der Waals surface area (Å²) in [5, 5.41) is 0. The van der Waals surface area contributed by atoms with Gasteiger partial charge < -0.3 is 20.4 Å². The van der Waals surface area contributed by atoms with Crippen LogP contribution in [0.2, 0.25) is 0 Å². The third-order valence-electron chi connectivity index (χ3n) is 4.22. The van der Waals surface area contributed by atoms with Crippen molar-refractivity contribution in [3.8, 4) is 0 Å². The molecule has 0 spiro atoms. The van der Waals surface area contributed by atoms with E-state index in [9.17, 15) is 4.79 Å². The minimum Gasteiger partial charge on any atom is -0.370 e. The van der Waals surface area contributed by atoms with Gasteiger partial charge in [-0.15, -0.1) is 0 Å². The summed E-state index contributed by atoms with van der Waals surface area (Å²) in [6.45, 7) is 8.95. The number of benzene rings is 1. The Balaban J connectivity index is 1.83. The number of hydrogen-bond donors (Lipinski definition) is 1. The summed E-state index contributed by atoms with van der Waals surface area (Å²) in [4.78, 5) is 22.6. The molecule has 2 rings (SSSR count). The molecule has 126 valence electrons. The van der Waals surface area contributed by atoms with E-state index in [0.29, 0.717) is 5.96 Å². The molecule has 1 aromatic rings. The lowest BCUT2D eigenvalue weighted by molar-refractivity contribution is -0.129. The standard InChI is InChI=1S/C17H27N5O/c1-3-20(4-2)17(18)19-14-16(23)22-12-10-21(11-13-22)15-8-6-5-7-9-15/h5-9H,3-4,10-14H2,1-2H3,(H2,18,19). The quantitative estimate of drug-likeness (QED) is 0.650. The van der Waals surface area contributed by atoms with Crippen LogP contribution >= 0.6 is 0 Å². The average molecular weight is 317 g/mol. The number of rotatable bonds is 5. The summed E-state index contributed by atoms with van der Waals surface area (Å²) in [6.07, 6.45) is 0. The highest BCUT2D eigenvalue weighted by molar-refractivity contribution is 5.84. The van der Waals surface area contributed by atoms with Crippen molar-refractivity contribution in [1.82, 2.24) is 9.80 Å². The monoisotopic (exact) mass is 317 g/mol. The summed E-state index contributed by atoms with van der Waals surface area (Å²) in [5.74, 6) is 0.499. The van der Waals surface area contributed by atoms with Crippen molar-refractivity contribution in [1.29, 1.82) is 0 Å². The van der Waals surface area contributed by atoms with Crippen LogP contribution in [0.3, 0.4) is 0 Å². The number of anilines is 1. The van der Waals surface area contributed by atoms with Crippen LogP contribution in [0.4, 0.5) is 5.69 Å². The van der Waals surface area contributed by atoms with Gasteiger partial charge in [-0.2, -0.15) is 0 Å². The number of carbonyl (C=O) groups is 1. The third kappa shape index (κ3) is 4.61. The van der Waals surface area contributed by atoms with Crippen LogP contribution in [-0.4, -0.2) is 67.5 Å². The number of piperazine rings is 1. The number of nitrogens with two attached hydrogens (primary N) is 1. The SMILES string of the molecule is CCN(CC)C(N)=NCC(=O)N1CCN(c2ccccc2)CC1. The summed E-state index contributed by atoms with van der Waals surface area (Å²) in [5.41, 5.74) is 7.12. The van der Waals surface area contributed by atoms with E-state index in [4.69, 9.17) is 5.73 Å². The van der Waals surface area contributed by atoms with Gasteiger partial charge in [-0.3, -0.25) is 4.79 Å². The number of guanidine groups is 1. The third-order valence-corrected chi connectivity index (χ3v) is 4.22. The molecule has 1 amide bonds. The molecule has 1 saturated heterocycles. The molecule has 1 aliphatic rings. The van der Waals surface area contributed by atoms with Gasteiger partial charge in [0.1, 0.15) is 6.54 Å². The Labute approximate surface area is 138 Å². The predicted molar refractivity (Wildman–Crippen MR) is 94.6 cm³/mol. The smallest absolute Gasteiger partial charge is 0.244 e. The number of hydrogen-bond acceptors (Lipinski definition) is 3. The Morgan fingerprint density at radius 1 is 1.13 bits per heavy atom. The lowest BCUT2D eigenvalue weighted by Gasteiger charge is -2.36. The minimum absolute atomic E-state index is 0.0489. The van der Waals surface area contributed by atoms with Gasteiger partial charge >= 0.3 is 0 Å². The fourth-order valence-electron chi connectivity index (χ4n) is 2.75. The first kappa shape index (κ1) is 17.1. The number of aliphatic imine (C=N–C) groups is 1. The second-order valence-corrected chi connectivity index (χ2v) is 5.55. The predicted octanol–water partition coefficient (Wildman–Crippen LogP) is 0.992. The Morgan fingerprint density at radius 2 is 1.74 bits per heavy atom. The van der Waals surface area contributed by atoms with E-state index in [1.165, 1.54) is 5.69 Å². The first-order chi connectivity index (χ1) is 11.2. The summed E-state index contributed by atoms with van der Waals surface area (Å²) < 4.78 is 0. The van der Waals surface area contributed by atoms with E-state index in [2.05, 4.69) is 22.0 Å². The number of nitrogens with zero attached hydrogens (tertiary/aromatic N) is 4. The molecular formula is C17H27N5O. The molecule has 0 saturated carbocycles. The van der Waals surface area contributed by atoms with Crippen LogP contribution < -0.4 is 10.6 Å². The van der Waals surface area contributed by atoms with Crippen LogP contribution in [-0.2, 0) is 4.79 Å². The molecule has 6 nitrogen and oxygen atoms in total. The van der Waals surface area contributed by atoms with Gasteiger partial charge in [-0.25, -0.2) is 4.99 Å². The van der Waals surface area contributed by atoms with Gasteiger partial charge in [0.15, 0.2) is 5.96 Å². The Morgan fingerprint density at radius 3 is 2.30 bits per heavy atom. The maximum absolute atomic E-state index is 12.3. The second kappa shape index (κ2) is 8.41. The topological polar surface area (TPSA) is 65.2 Å². The van der Waals surface area contributed by atoms with E-state index < -0.39 is 0 Å². The van der Waals surface area contributed by atoms with Crippen molar-refractivity contribution in [2.24, 2.45) is 10.7 Å². The van der Waals surface area contributed by atoms with Gasteiger partial charge in [0.05, 0.1) is 0 Å². The van der Waals surface area contributed by atoms with Gasteiger partial charge in [-0.05, 0) is 26.0 Å². The van der Waals surface area contributed by atoms with Crippen LogP contribution in [0.15, 0.2) is 35.3 Å².